The summed E-state index contributed by atoms with van der Waals surface area (Å²) in [7, 11) is 0. The number of aromatic amines is 1. The summed E-state index contributed by atoms with van der Waals surface area (Å²) in [5.74, 6) is 0.445. The van der Waals surface area contributed by atoms with Crippen LogP contribution in [0, 0.1) is 0 Å². The molecule has 0 spiro atoms. The molecule has 1 heterocycles. The Bertz CT molecular complexity index is 472. The van der Waals surface area contributed by atoms with E-state index in [0.717, 1.165) is 44.2 Å². The Hall–Kier alpha value is -1.36. The number of nitrogens with one attached hydrogen (secondary N) is 2. The fraction of sp³-hybridized carbons (Fsp3) is 0.750. The van der Waals surface area contributed by atoms with Gasteiger partial charge in [0.2, 0.25) is 0 Å². The molecule has 0 aliphatic heterocycles. The van der Waals surface area contributed by atoms with Crippen molar-refractivity contribution in [3.8, 4) is 0 Å². The Morgan fingerprint density at radius 2 is 1.86 bits per heavy atom. The number of H-pyrrole nitrogens is 1. The van der Waals surface area contributed by atoms with E-state index in [1.807, 2.05) is 0 Å². The first-order chi connectivity index (χ1) is 10.2. The highest BCUT2D eigenvalue weighted by molar-refractivity contribution is 5.95. The van der Waals surface area contributed by atoms with E-state index in [1.54, 1.807) is 6.20 Å². The highest BCUT2D eigenvalue weighted by Gasteiger charge is 2.26. The second-order valence-electron chi connectivity index (χ2n) is 6.51. The lowest BCUT2D eigenvalue weighted by Crippen LogP contribution is -2.38. The van der Waals surface area contributed by atoms with Crippen LogP contribution in [0.25, 0.3) is 0 Å². The molecule has 0 aromatic carbocycles. The van der Waals surface area contributed by atoms with Gasteiger partial charge in [0.1, 0.15) is 0 Å². The van der Waals surface area contributed by atoms with Crippen molar-refractivity contribution in [2.45, 2.75) is 75.9 Å². The average Bonchev–Trinajstić information content (AvgIpc) is 3.00. The van der Waals surface area contributed by atoms with E-state index >= 15 is 0 Å². The first kappa shape index (κ1) is 14.6. The molecule has 2 aliphatic carbocycles. The van der Waals surface area contributed by atoms with Crippen molar-refractivity contribution in [3.05, 3.63) is 17.5 Å². The predicted molar refractivity (Wildman–Crippen MR) is 80.1 cm³/mol. The minimum Gasteiger partial charge on any atom is -0.393 e. The summed E-state index contributed by atoms with van der Waals surface area (Å²) >= 11 is 0. The average molecular weight is 291 g/mol. The van der Waals surface area contributed by atoms with Crippen LogP contribution in [0.5, 0.6) is 0 Å². The molecule has 3 N–H and O–H groups in total. The number of aliphatic hydroxyl groups is 1. The minimum absolute atomic E-state index is 0.00860. The molecule has 2 saturated carbocycles. The molecule has 3 rings (SSSR count). The number of carbonyl (C=O) groups is 1. The van der Waals surface area contributed by atoms with Gasteiger partial charge in [0.15, 0.2) is 0 Å². The van der Waals surface area contributed by atoms with Crippen LogP contribution in [-0.2, 0) is 0 Å². The van der Waals surface area contributed by atoms with E-state index in [9.17, 15) is 9.90 Å². The number of carbonyl (C=O) groups excluding carboxylic acids is 1. The molecule has 0 radical (unpaired) electrons. The molecule has 0 atom stereocenters. The quantitative estimate of drug-likeness (QED) is 0.800. The summed E-state index contributed by atoms with van der Waals surface area (Å²) in [5.41, 5.74) is 1.73. The molecule has 1 aromatic rings. The molecule has 2 aliphatic rings. The van der Waals surface area contributed by atoms with E-state index in [2.05, 4.69) is 15.5 Å². The Kier molecular flexibility index (Phi) is 4.58. The molecule has 1 amide bonds. The fourth-order valence-corrected chi connectivity index (χ4v) is 3.66. The maximum atomic E-state index is 12.5. The van der Waals surface area contributed by atoms with Crippen molar-refractivity contribution < 1.29 is 9.90 Å². The molecular weight excluding hydrogens is 266 g/mol. The van der Waals surface area contributed by atoms with Gasteiger partial charge in [-0.1, -0.05) is 19.3 Å². The second-order valence-corrected chi connectivity index (χ2v) is 6.51. The maximum Gasteiger partial charge on any atom is 0.254 e. The van der Waals surface area contributed by atoms with E-state index in [4.69, 9.17) is 0 Å². The lowest BCUT2D eigenvalue weighted by atomic mass is 9.85. The van der Waals surface area contributed by atoms with Crippen LogP contribution in [0.3, 0.4) is 0 Å². The van der Waals surface area contributed by atoms with E-state index < -0.39 is 0 Å². The topological polar surface area (TPSA) is 78.0 Å². The normalized spacial score (nSPS) is 27.5. The van der Waals surface area contributed by atoms with Gasteiger partial charge < -0.3 is 10.4 Å². The minimum atomic E-state index is -0.190. The SMILES string of the molecule is O=C(NC1CCC(O)CC1)c1cn[nH]c1C1CCCCC1. The van der Waals surface area contributed by atoms with Crippen molar-refractivity contribution in [2.24, 2.45) is 0 Å². The Labute approximate surface area is 125 Å². The van der Waals surface area contributed by atoms with Crippen LogP contribution < -0.4 is 5.32 Å². The lowest BCUT2D eigenvalue weighted by molar-refractivity contribution is 0.0866. The van der Waals surface area contributed by atoms with Gasteiger partial charge in [0, 0.05) is 12.0 Å². The number of amides is 1. The predicted octanol–water partition coefficient (Wildman–Crippen LogP) is 2.49. The first-order valence-corrected chi connectivity index (χ1v) is 8.26. The van der Waals surface area contributed by atoms with Crippen LogP contribution in [0.1, 0.15) is 79.8 Å². The van der Waals surface area contributed by atoms with Gasteiger partial charge in [-0.3, -0.25) is 9.89 Å². The van der Waals surface area contributed by atoms with Gasteiger partial charge in [-0.05, 0) is 38.5 Å². The lowest BCUT2D eigenvalue weighted by Gasteiger charge is -2.26. The largest absolute Gasteiger partial charge is 0.393 e. The maximum absolute atomic E-state index is 12.5. The van der Waals surface area contributed by atoms with Crippen molar-refractivity contribution in [1.82, 2.24) is 15.5 Å². The van der Waals surface area contributed by atoms with Gasteiger partial charge in [0.05, 0.1) is 23.6 Å². The van der Waals surface area contributed by atoms with Crippen molar-refractivity contribution in [2.75, 3.05) is 0 Å². The van der Waals surface area contributed by atoms with Crippen LogP contribution in [0.2, 0.25) is 0 Å². The van der Waals surface area contributed by atoms with Gasteiger partial charge in [-0.15, -0.1) is 0 Å². The van der Waals surface area contributed by atoms with Crippen LogP contribution >= 0.6 is 0 Å². The summed E-state index contributed by atoms with van der Waals surface area (Å²) in [6, 6.07) is 0.190. The Morgan fingerprint density at radius 1 is 1.14 bits per heavy atom. The number of aromatic nitrogens is 2. The molecule has 2 fully saturated rings. The van der Waals surface area contributed by atoms with Gasteiger partial charge in [-0.25, -0.2) is 0 Å². The van der Waals surface area contributed by atoms with Gasteiger partial charge in [0.25, 0.3) is 5.91 Å². The molecule has 116 valence electrons. The molecule has 5 heteroatoms. The van der Waals surface area contributed by atoms with Crippen LogP contribution in [0.4, 0.5) is 0 Å². The summed E-state index contributed by atoms with van der Waals surface area (Å²) in [4.78, 5) is 12.5. The number of hydrogen-bond donors (Lipinski definition) is 3. The third-order valence-electron chi connectivity index (χ3n) is 4.96. The molecule has 0 saturated heterocycles. The third-order valence-corrected chi connectivity index (χ3v) is 4.96. The summed E-state index contributed by atoms with van der Waals surface area (Å²) < 4.78 is 0. The van der Waals surface area contributed by atoms with Gasteiger partial charge in [-0.2, -0.15) is 5.10 Å². The van der Waals surface area contributed by atoms with E-state index in [1.165, 1.54) is 19.3 Å². The van der Waals surface area contributed by atoms with Crippen molar-refractivity contribution in [1.29, 1.82) is 0 Å². The zero-order chi connectivity index (χ0) is 14.7. The van der Waals surface area contributed by atoms with Crippen molar-refractivity contribution >= 4 is 5.91 Å². The summed E-state index contributed by atoms with van der Waals surface area (Å²) in [6.07, 6.45) is 10.9. The Balaban J connectivity index is 1.63. The van der Waals surface area contributed by atoms with Crippen LogP contribution in [0.15, 0.2) is 6.20 Å². The fourth-order valence-electron chi connectivity index (χ4n) is 3.66. The number of nitrogens with zero attached hydrogens (tertiary/aromatic N) is 1. The molecule has 0 bridgehead atoms. The van der Waals surface area contributed by atoms with E-state index in [0.29, 0.717) is 11.5 Å². The molecule has 21 heavy (non-hydrogen) atoms. The second kappa shape index (κ2) is 6.60. The molecular formula is C16H25N3O2. The van der Waals surface area contributed by atoms with E-state index in [-0.39, 0.29) is 18.1 Å². The highest BCUT2D eigenvalue weighted by Crippen LogP contribution is 2.33. The smallest absolute Gasteiger partial charge is 0.254 e. The van der Waals surface area contributed by atoms with Crippen LogP contribution in [-0.4, -0.2) is 33.4 Å². The third kappa shape index (κ3) is 3.46. The standard InChI is InChI=1S/C16H25N3O2/c20-13-8-6-12(7-9-13)18-16(21)14-10-17-19-15(14)11-4-2-1-3-5-11/h10-13,20H,1-9H2,(H,17,19)(H,18,21). The monoisotopic (exact) mass is 291 g/mol. The molecule has 5 nitrogen and oxygen atoms in total. The number of hydrogen-bond acceptors (Lipinski definition) is 3. The molecule has 0 unspecified atom stereocenters. The zero-order valence-corrected chi connectivity index (χ0v) is 12.5. The zero-order valence-electron chi connectivity index (χ0n) is 12.5. The van der Waals surface area contributed by atoms with Crippen molar-refractivity contribution in [3.63, 3.8) is 0 Å². The first-order valence-electron chi connectivity index (χ1n) is 8.26. The summed E-state index contributed by atoms with van der Waals surface area (Å²) in [6.45, 7) is 0. The highest BCUT2D eigenvalue weighted by atomic mass is 16.3. The Morgan fingerprint density at radius 3 is 2.57 bits per heavy atom. The van der Waals surface area contributed by atoms with Gasteiger partial charge >= 0.3 is 0 Å². The number of rotatable bonds is 3. The molecule has 1 aromatic heterocycles. The number of aliphatic hydroxyl groups excluding tert-OH is 1. The summed E-state index contributed by atoms with van der Waals surface area (Å²) in [5, 5.41) is 19.8.